The number of carbonyl (C=O) groups is 1. The van der Waals surface area contributed by atoms with Crippen LogP contribution in [0, 0.1) is 12.7 Å². The molecule has 1 N–H and O–H groups in total. The minimum Gasteiger partial charge on any atom is -0.467 e. The zero-order chi connectivity index (χ0) is 15.4. The van der Waals surface area contributed by atoms with Crippen molar-refractivity contribution in [1.29, 1.82) is 0 Å². The molecule has 0 saturated carbocycles. The number of methoxy groups -OCH3 is 1. The fourth-order valence-corrected chi connectivity index (χ4v) is 2.40. The topological polar surface area (TPSA) is 38.3 Å². The molecule has 0 bridgehead atoms. The van der Waals surface area contributed by atoms with Crippen LogP contribution in [0.1, 0.15) is 17.2 Å². The van der Waals surface area contributed by atoms with Crippen LogP contribution < -0.4 is 5.32 Å². The van der Waals surface area contributed by atoms with Crippen LogP contribution in [-0.4, -0.2) is 13.1 Å². The first-order valence-corrected chi connectivity index (χ1v) is 7.17. The Morgan fingerprint density at radius 2 is 2.00 bits per heavy atom. The smallest absolute Gasteiger partial charge is 0.333 e. The van der Waals surface area contributed by atoms with E-state index in [1.807, 2.05) is 25.1 Å². The normalized spacial score (nSPS) is 11.8. The van der Waals surface area contributed by atoms with Crippen LogP contribution in [0.15, 0.2) is 46.9 Å². The summed E-state index contributed by atoms with van der Waals surface area (Å²) in [5, 5.41) is 3.02. The number of hydrogen-bond donors (Lipinski definition) is 1. The van der Waals surface area contributed by atoms with E-state index in [9.17, 15) is 9.18 Å². The lowest BCUT2D eigenvalue weighted by molar-refractivity contribution is -0.141. The molecule has 5 heteroatoms. The van der Waals surface area contributed by atoms with Crippen LogP contribution in [0.4, 0.5) is 10.1 Å². The first-order valence-electron chi connectivity index (χ1n) is 6.38. The van der Waals surface area contributed by atoms with E-state index in [2.05, 4.69) is 21.2 Å². The molecule has 21 heavy (non-hydrogen) atoms. The van der Waals surface area contributed by atoms with Gasteiger partial charge in [0.1, 0.15) is 5.82 Å². The zero-order valence-electron chi connectivity index (χ0n) is 11.7. The molecule has 2 aromatic rings. The van der Waals surface area contributed by atoms with Gasteiger partial charge in [0.2, 0.25) is 0 Å². The van der Waals surface area contributed by atoms with Gasteiger partial charge in [-0.2, -0.15) is 0 Å². The molecule has 3 nitrogen and oxygen atoms in total. The second-order valence-electron chi connectivity index (χ2n) is 4.61. The van der Waals surface area contributed by atoms with Gasteiger partial charge in [0.05, 0.1) is 7.11 Å². The van der Waals surface area contributed by atoms with Gasteiger partial charge in [0, 0.05) is 15.7 Å². The zero-order valence-corrected chi connectivity index (χ0v) is 13.3. The minimum absolute atomic E-state index is 0.262. The van der Waals surface area contributed by atoms with Crippen molar-refractivity contribution in [2.24, 2.45) is 0 Å². The van der Waals surface area contributed by atoms with Gasteiger partial charge < -0.3 is 10.1 Å². The van der Waals surface area contributed by atoms with Crippen LogP contribution in [0.3, 0.4) is 0 Å². The predicted octanol–water partition coefficient (Wildman–Crippen LogP) is 4.22. The first-order chi connectivity index (χ1) is 10.0. The van der Waals surface area contributed by atoms with E-state index in [1.54, 1.807) is 18.2 Å². The summed E-state index contributed by atoms with van der Waals surface area (Å²) in [5.41, 5.74) is 1.82. The maximum Gasteiger partial charge on any atom is 0.333 e. The number of esters is 1. The number of nitrogens with one attached hydrogen (secondary N) is 1. The lowest BCUT2D eigenvalue weighted by Gasteiger charge is -2.20. The van der Waals surface area contributed by atoms with Crippen LogP contribution in [0.5, 0.6) is 0 Å². The Kier molecular flexibility index (Phi) is 4.96. The second-order valence-corrected chi connectivity index (χ2v) is 5.46. The molecule has 2 aromatic carbocycles. The maximum atomic E-state index is 14.1. The highest BCUT2D eigenvalue weighted by Gasteiger charge is 2.25. The van der Waals surface area contributed by atoms with E-state index in [-0.39, 0.29) is 5.56 Å². The number of anilines is 1. The summed E-state index contributed by atoms with van der Waals surface area (Å²) in [4.78, 5) is 12.0. The number of hydrogen-bond acceptors (Lipinski definition) is 3. The minimum atomic E-state index is -0.909. The molecular formula is C16H15BrFNO2. The molecule has 0 radical (unpaired) electrons. The maximum absolute atomic E-state index is 14.1. The number of para-hydroxylation sites is 1. The van der Waals surface area contributed by atoms with Gasteiger partial charge in [0.15, 0.2) is 6.04 Å². The van der Waals surface area contributed by atoms with Gasteiger partial charge >= 0.3 is 5.97 Å². The summed E-state index contributed by atoms with van der Waals surface area (Å²) in [6.07, 6.45) is 0. The summed E-state index contributed by atoms with van der Waals surface area (Å²) in [6, 6.07) is 11.1. The first kappa shape index (κ1) is 15.5. The number of ether oxygens (including phenoxy) is 1. The Bertz CT molecular complexity index is 660. The quantitative estimate of drug-likeness (QED) is 0.838. The highest BCUT2D eigenvalue weighted by molar-refractivity contribution is 9.10. The van der Waals surface area contributed by atoms with Crippen molar-refractivity contribution in [3.05, 3.63) is 63.9 Å². The fourth-order valence-electron chi connectivity index (χ4n) is 2.00. The van der Waals surface area contributed by atoms with Gasteiger partial charge in [-0.25, -0.2) is 9.18 Å². The van der Waals surface area contributed by atoms with Gasteiger partial charge in [-0.3, -0.25) is 0 Å². The molecule has 0 spiro atoms. The molecule has 110 valence electrons. The standard InChI is InChI=1S/C16H15BrFNO2/c1-10-7-8-13(18)11(9-10)15(16(20)21-2)19-14-6-4-3-5-12(14)17/h3-9,15,19H,1-2H3. The van der Waals surface area contributed by atoms with E-state index in [0.29, 0.717) is 5.69 Å². The number of benzene rings is 2. The van der Waals surface area contributed by atoms with Crippen molar-refractivity contribution in [3.63, 3.8) is 0 Å². The van der Waals surface area contributed by atoms with Crippen molar-refractivity contribution in [2.75, 3.05) is 12.4 Å². The van der Waals surface area contributed by atoms with Crippen molar-refractivity contribution >= 4 is 27.6 Å². The molecule has 1 unspecified atom stereocenters. The summed E-state index contributed by atoms with van der Waals surface area (Å²) >= 11 is 3.39. The van der Waals surface area contributed by atoms with Crippen molar-refractivity contribution in [3.8, 4) is 0 Å². The lowest BCUT2D eigenvalue weighted by atomic mass is 10.0. The molecule has 0 fully saturated rings. The third-order valence-corrected chi connectivity index (χ3v) is 3.76. The Morgan fingerprint density at radius 1 is 1.29 bits per heavy atom. The van der Waals surface area contributed by atoms with Gasteiger partial charge in [-0.05, 0) is 41.1 Å². The highest BCUT2D eigenvalue weighted by Crippen LogP contribution is 2.28. The molecule has 2 rings (SSSR count). The molecule has 0 amide bonds. The van der Waals surface area contributed by atoms with Gasteiger partial charge in [-0.15, -0.1) is 0 Å². The van der Waals surface area contributed by atoms with Crippen molar-refractivity contribution < 1.29 is 13.9 Å². The van der Waals surface area contributed by atoms with Crippen LogP contribution in [0.25, 0.3) is 0 Å². The SMILES string of the molecule is COC(=O)C(Nc1ccccc1Br)c1cc(C)ccc1F. The summed E-state index contributed by atoms with van der Waals surface area (Å²) in [5.74, 6) is -0.995. The van der Waals surface area contributed by atoms with Crippen LogP contribution in [-0.2, 0) is 9.53 Å². The third kappa shape index (κ3) is 3.61. The van der Waals surface area contributed by atoms with E-state index < -0.39 is 17.8 Å². The Morgan fingerprint density at radius 3 is 2.67 bits per heavy atom. The van der Waals surface area contributed by atoms with Crippen molar-refractivity contribution in [1.82, 2.24) is 0 Å². The Balaban J connectivity index is 2.42. The Labute approximate surface area is 131 Å². The van der Waals surface area contributed by atoms with Gasteiger partial charge in [0.25, 0.3) is 0 Å². The average molecular weight is 352 g/mol. The summed E-state index contributed by atoms with van der Waals surface area (Å²) in [7, 11) is 1.28. The van der Waals surface area contributed by atoms with Crippen molar-refractivity contribution in [2.45, 2.75) is 13.0 Å². The van der Waals surface area contributed by atoms with E-state index in [4.69, 9.17) is 4.74 Å². The van der Waals surface area contributed by atoms with Crippen LogP contribution >= 0.6 is 15.9 Å². The largest absolute Gasteiger partial charge is 0.467 e. The summed E-state index contributed by atoms with van der Waals surface area (Å²) in [6.45, 7) is 1.84. The van der Waals surface area contributed by atoms with E-state index >= 15 is 0 Å². The molecule has 0 saturated heterocycles. The molecule has 0 aliphatic rings. The van der Waals surface area contributed by atoms with E-state index in [0.717, 1.165) is 10.0 Å². The fraction of sp³-hybridized carbons (Fsp3) is 0.188. The molecular weight excluding hydrogens is 337 g/mol. The molecule has 0 aliphatic heterocycles. The van der Waals surface area contributed by atoms with Crippen LogP contribution in [0.2, 0.25) is 0 Å². The number of aryl methyl sites for hydroxylation is 1. The average Bonchev–Trinajstić information content (AvgIpc) is 2.48. The number of halogens is 2. The molecule has 0 aliphatic carbocycles. The molecule has 0 aromatic heterocycles. The molecule has 1 atom stereocenters. The lowest BCUT2D eigenvalue weighted by Crippen LogP contribution is -2.23. The summed E-state index contributed by atoms with van der Waals surface area (Å²) < 4.78 is 19.6. The van der Waals surface area contributed by atoms with E-state index in [1.165, 1.54) is 13.2 Å². The second kappa shape index (κ2) is 6.72. The Hall–Kier alpha value is -1.88. The highest BCUT2D eigenvalue weighted by atomic mass is 79.9. The number of rotatable bonds is 4. The molecule has 0 heterocycles. The number of carbonyl (C=O) groups excluding carboxylic acids is 1. The third-order valence-electron chi connectivity index (χ3n) is 3.07. The van der Waals surface area contributed by atoms with Gasteiger partial charge in [-0.1, -0.05) is 29.8 Å². The predicted molar refractivity (Wildman–Crippen MR) is 83.7 cm³/mol. The monoisotopic (exact) mass is 351 g/mol.